The summed E-state index contributed by atoms with van der Waals surface area (Å²) in [5, 5.41) is 5.58. The summed E-state index contributed by atoms with van der Waals surface area (Å²) in [7, 11) is 3.33. The first-order valence-corrected chi connectivity index (χ1v) is 8.43. The van der Waals surface area contributed by atoms with Gasteiger partial charge in [-0.3, -0.25) is 4.68 Å². The van der Waals surface area contributed by atoms with Crippen molar-refractivity contribution in [3.63, 3.8) is 0 Å². The molecule has 0 bridgehead atoms. The van der Waals surface area contributed by atoms with Gasteiger partial charge in [0.15, 0.2) is 0 Å². The molecule has 0 aliphatic heterocycles. The summed E-state index contributed by atoms with van der Waals surface area (Å²) in [6.45, 7) is 1.99. The Labute approximate surface area is 137 Å². The standard InChI is InChI=1S/C15H17BrN2O2S/c1-9-13(14(21-4)18(2)17-9)8-10-7-11(16)5-6-12(10)15(19)20-3/h5-7H,8H2,1-4H3. The monoisotopic (exact) mass is 368 g/mol. The van der Waals surface area contributed by atoms with Crippen LogP contribution in [0.15, 0.2) is 27.7 Å². The number of aromatic nitrogens is 2. The molecule has 0 radical (unpaired) electrons. The maximum atomic E-state index is 11.9. The van der Waals surface area contributed by atoms with E-state index in [9.17, 15) is 4.79 Å². The molecule has 0 aliphatic carbocycles. The predicted octanol–water partition coefficient (Wildman–Crippen LogP) is 3.59. The average molecular weight is 369 g/mol. The van der Waals surface area contributed by atoms with Crippen LogP contribution in [-0.2, 0) is 18.2 Å². The van der Waals surface area contributed by atoms with E-state index in [4.69, 9.17) is 4.74 Å². The Morgan fingerprint density at radius 1 is 1.48 bits per heavy atom. The summed E-state index contributed by atoms with van der Waals surface area (Å²) in [5.41, 5.74) is 3.66. The summed E-state index contributed by atoms with van der Waals surface area (Å²) >= 11 is 5.12. The van der Waals surface area contributed by atoms with E-state index in [0.29, 0.717) is 12.0 Å². The second kappa shape index (κ2) is 6.66. The number of methoxy groups -OCH3 is 1. The number of ether oxygens (including phenoxy) is 1. The minimum atomic E-state index is -0.315. The van der Waals surface area contributed by atoms with Gasteiger partial charge in [0.05, 0.1) is 23.4 Å². The maximum Gasteiger partial charge on any atom is 0.338 e. The highest BCUT2D eigenvalue weighted by Gasteiger charge is 2.18. The molecular formula is C15H17BrN2O2S. The van der Waals surface area contributed by atoms with Crippen LogP contribution in [0.1, 0.15) is 27.2 Å². The third-order valence-corrected chi connectivity index (χ3v) is 4.71. The molecule has 0 amide bonds. The number of rotatable bonds is 4. The Bertz CT molecular complexity index is 683. The SMILES string of the molecule is COC(=O)c1ccc(Br)cc1Cc1c(C)nn(C)c1SC. The quantitative estimate of drug-likeness (QED) is 0.610. The van der Waals surface area contributed by atoms with Crippen LogP contribution in [0.2, 0.25) is 0 Å². The summed E-state index contributed by atoms with van der Waals surface area (Å²) in [4.78, 5) is 11.9. The van der Waals surface area contributed by atoms with Gasteiger partial charge in [-0.1, -0.05) is 15.9 Å². The number of aryl methyl sites for hydroxylation is 2. The lowest BCUT2D eigenvalue weighted by Gasteiger charge is -2.10. The summed E-state index contributed by atoms with van der Waals surface area (Å²) in [6, 6.07) is 5.60. The van der Waals surface area contributed by atoms with Gasteiger partial charge in [0, 0.05) is 23.5 Å². The molecule has 2 rings (SSSR count). The van der Waals surface area contributed by atoms with E-state index in [-0.39, 0.29) is 5.97 Å². The second-order valence-electron chi connectivity index (χ2n) is 4.67. The minimum absolute atomic E-state index is 0.315. The van der Waals surface area contributed by atoms with E-state index < -0.39 is 0 Å². The molecule has 1 aromatic carbocycles. The fraction of sp³-hybridized carbons (Fsp3) is 0.333. The van der Waals surface area contributed by atoms with Crippen molar-refractivity contribution >= 4 is 33.7 Å². The molecule has 21 heavy (non-hydrogen) atoms. The van der Waals surface area contributed by atoms with Crippen molar-refractivity contribution in [3.05, 3.63) is 45.1 Å². The van der Waals surface area contributed by atoms with E-state index in [0.717, 1.165) is 26.3 Å². The van der Waals surface area contributed by atoms with Crippen LogP contribution in [-0.4, -0.2) is 29.1 Å². The third kappa shape index (κ3) is 3.32. The van der Waals surface area contributed by atoms with E-state index in [1.54, 1.807) is 17.8 Å². The first kappa shape index (κ1) is 16.1. The molecule has 6 heteroatoms. The van der Waals surface area contributed by atoms with Gasteiger partial charge in [-0.05, 0) is 36.9 Å². The van der Waals surface area contributed by atoms with Crippen molar-refractivity contribution in [2.24, 2.45) is 7.05 Å². The van der Waals surface area contributed by atoms with Crippen LogP contribution in [0, 0.1) is 6.92 Å². The van der Waals surface area contributed by atoms with Crippen LogP contribution >= 0.6 is 27.7 Å². The summed E-state index contributed by atoms with van der Waals surface area (Å²) < 4.78 is 7.69. The number of thioether (sulfide) groups is 1. The average Bonchev–Trinajstić information content (AvgIpc) is 2.72. The lowest BCUT2D eigenvalue weighted by Crippen LogP contribution is -2.07. The number of hydrogen-bond acceptors (Lipinski definition) is 4. The number of carbonyl (C=O) groups excluding carboxylic acids is 1. The Balaban J connectivity index is 2.49. The molecule has 0 fully saturated rings. The van der Waals surface area contributed by atoms with Gasteiger partial charge < -0.3 is 4.74 Å². The number of nitrogens with zero attached hydrogens (tertiary/aromatic N) is 2. The molecule has 0 saturated carbocycles. The van der Waals surface area contributed by atoms with Crippen molar-refractivity contribution < 1.29 is 9.53 Å². The number of halogens is 1. The van der Waals surface area contributed by atoms with Gasteiger partial charge in [-0.2, -0.15) is 5.10 Å². The Morgan fingerprint density at radius 3 is 2.81 bits per heavy atom. The lowest BCUT2D eigenvalue weighted by atomic mass is 10.0. The Kier molecular flexibility index (Phi) is 5.11. The van der Waals surface area contributed by atoms with Crippen molar-refractivity contribution in [1.82, 2.24) is 9.78 Å². The zero-order valence-electron chi connectivity index (χ0n) is 12.4. The second-order valence-corrected chi connectivity index (χ2v) is 6.38. The van der Waals surface area contributed by atoms with Gasteiger partial charge in [-0.15, -0.1) is 11.8 Å². The Morgan fingerprint density at radius 2 is 2.19 bits per heavy atom. The van der Waals surface area contributed by atoms with Crippen LogP contribution in [0.4, 0.5) is 0 Å². The third-order valence-electron chi connectivity index (χ3n) is 3.32. The Hall–Kier alpha value is -1.27. The number of carbonyl (C=O) groups is 1. The fourth-order valence-electron chi connectivity index (χ4n) is 2.35. The molecule has 0 saturated heterocycles. The molecular weight excluding hydrogens is 352 g/mol. The van der Waals surface area contributed by atoms with Gasteiger partial charge in [0.1, 0.15) is 0 Å². The molecule has 2 aromatic rings. The zero-order chi connectivity index (χ0) is 15.6. The minimum Gasteiger partial charge on any atom is -0.465 e. The van der Waals surface area contributed by atoms with E-state index in [1.807, 2.05) is 37.0 Å². The molecule has 0 aliphatic rings. The smallest absolute Gasteiger partial charge is 0.338 e. The number of esters is 1. The molecule has 1 heterocycles. The fourth-order valence-corrected chi connectivity index (χ4v) is 3.53. The number of benzene rings is 1. The van der Waals surface area contributed by atoms with Crippen LogP contribution in [0.25, 0.3) is 0 Å². The zero-order valence-corrected chi connectivity index (χ0v) is 14.8. The van der Waals surface area contributed by atoms with Crippen LogP contribution in [0.3, 0.4) is 0 Å². The van der Waals surface area contributed by atoms with Gasteiger partial charge in [0.2, 0.25) is 0 Å². The highest BCUT2D eigenvalue weighted by atomic mass is 79.9. The van der Waals surface area contributed by atoms with E-state index in [1.165, 1.54) is 7.11 Å². The predicted molar refractivity (Wildman–Crippen MR) is 88.0 cm³/mol. The largest absolute Gasteiger partial charge is 0.465 e. The van der Waals surface area contributed by atoms with Gasteiger partial charge in [0.25, 0.3) is 0 Å². The van der Waals surface area contributed by atoms with E-state index >= 15 is 0 Å². The topological polar surface area (TPSA) is 44.1 Å². The number of hydrogen-bond donors (Lipinski definition) is 0. The molecule has 0 atom stereocenters. The summed E-state index contributed by atoms with van der Waals surface area (Å²) in [6.07, 6.45) is 2.68. The van der Waals surface area contributed by atoms with Crippen molar-refractivity contribution in [2.75, 3.05) is 13.4 Å². The molecule has 4 nitrogen and oxygen atoms in total. The van der Waals surface area contributed by atoms with Crippen LogP contribution in [0.5, 0.6) is 0 Å². The van der Waals surface area contributed by atoms with Crippen LogP contribution < -0.4 is 0 Å². The van der Waals surface area contributed by atoms with Crippen molar-refractivity contribution in [3.8, 4) is 0 Å². The molecule has 0 N–H and O–H groups in total. The first-order valence-electron chi connectivity index (χ1n) is 6.41. The van der Waals surface area contributed by atoms with Crippen molar-refractivity contribution in [1.29, 1.82) is 0 Å². The van der Waals surface area contributed by atoms with Gasteiger partial charge >= 0.3 is 5.97 Å². The highest BCUT2D eigenvalue weighted by Crippen LogP contribution is 2.28. The van der Waals surface area contributed by atoms with E-state index in [2.05, 4.69) is 21.0 Å². The molecule has 0 unspecified atom stereocenters. The van der Waals surface area contributed by atoms with Gasteiger partial charge in [-0.25, -0.2) is 4.79 Å². The van der Waals surface area contributed by atoms with Crippen molar-refractivity contribution in [2.45, 2.75) is 18.4 Å². The lowest BCUT2D eigenvalue weighted by molar-refractivity contribution is 0.0599. The molecule has 1 aromatic heterocycles. The molecule has 0 spiro atoms. The molecule has 112 valence electrons. The first-order chi connectivity index (χ1) is 9.97. The maximum absolute atomic E-state index is 11.9. The summed E-state index contributed by atoms with van der Waals surface area (Å²) in [5.74, 6) is -0.315. The highest BCUT2D eigenvalue weighted by molar-refractivity contribution is 9.10. The normalized spacial score (nSPS) is 10.7.